The maximum Gasteiger partial charge on any atom is 0.264 e. The van der Waals surface area contributed by atoms with Gasteiger partial charge in [0.25, 0.3) is 10.0 Å². The van der Waals surface area contributed by atoms with E-state index in [9.17, 15) is 13.2 Å². The van der Waals surface area contributed by atoms with E-state index in [-0.39, 0.29) is 10.8 Å². The van der Waals surface area contributed by atoms with Crippen LogP contribution in [0.15, 0.2) is 77.0 Å². The van der Waals surface area contributed by atoms with Gasteiger partial charge in [0.2, 0.25) is 5.91 Å². The van der Waals surface area contributed by atoms with E-state index in [0.29, 0.717) is 17.9 Å². The average Bonchev–Trinajstić information content (AvgIpc) is 3.26. The van der Waals surface area contributed by atoms with Gasteiger partial charge in [-0.05, 0) is 66.3 Å². The van der Waals surface area contributed by atoms with Gasteiger partial charge in [-0.2, -0.15) is 0 Å². The highest BCUT2D eigenvalue weighted by Crippen LogP contribution is 2.33. The molecule has 3 aromatic rings. The fourth-order valence-corrected chi connectivity index (χ4v) is 5.52. The molecule has 5 nitrogen and oxygen atoms in total. The highest BCUT2D eigenvalue weighted by molar-refractivity contribution is 7.92. The van der Waals surface area contributed by atoms with Crippen molar-refractivity contribution < 1.29 is 13.2 Å². The van der Waals surface area contributed by atoms with Gasteiger partial charge in [0.05, 0.1) is 10.6 Å². The number of rotatable bonds is 5. The van der Waals surface area contributed by atoms with Crippen molar-refractivity contribution in [3.8, 4) is 0 Å². The molecular weight excluding hydrogens is 404 g/mol. The number of hydrogen-bond acceptors (Lipinski definition) is 4. The molecular formula is C22H20N2O3S2. The van der Waals surface area contributed by atoms with Gasteiger partial charge in [0.1, 0.15) is 0 Å². The Kier molecular flexibility index (Phi) is 5.51. The molecule has 148 valence electrons. The Balaban J connectivity index is 1.55. The lowest BCUT2D eigenvalue weighted by atomic mass is 10.0. The Morgan fingerprint density at radius 3 is 2.66 bits per heavy atom. The lowest BCUT2D eigenvalue weighted by Gasteiger charge is -2.30. The molecule has 1 aliphatic rings. The first-order valence-corrected chi connectivity index (χ1v) is 11.6. The summed E-state index contributed by atoms with van der Waals surface area (Å²) in [6, 6.07) is 17.7. The van der Waals surface area contributed by atoms with Crippen LogP contribution in [0.4, 0.5) is 11.4 Å². The molecule has 0 saturated carbocycles. The topological polar surface area (TPSA) is 66.5 Å². The zero-order valence-corrected chi connectivity index (χ0v) is 17.2. The standard InChI is InChI=1S/C22H20N2O3S2/c25-22(13-11-19-7-5-15-28-19)23-18-10-12-21-17(16-18)6-4-14-24(21)29(26,27)20-8-2-1-3-9-20/h1-3,5,7-13,15-16H,4,6,14H2,(H,23,25)/b13-11+. The van der Waals surface area contributed by atoms with E-state index < -0.39 is 10.0 Å². The molecule has 0 bridgehead atoms. The Morgan fingerprint density at radius 1 is 1.07 bits per heavy atom. The normalized spacial score (nSPS) is 14.0. The number of aryl methyl sites for hydroxylation is 1. The summed E-state index contributed by atoms with van der Waals surface area (Å²) in [6.45, 7) is 0.444. The van der Waals surface area contributed by atoms with Crippen molar-refractivity contribution in [3.63, 3.8) is 0 Å². The van der Waals surface area contributed by atoms with Crippen molar-refractivity contribution in [1.82, 2.24) is 0 Å². The highest BCUT2D eigenvalue weighted by Gasteiger charge is 2.29. The third-order valence-electron chi connectivity index (χ3n) is 4.70. The van der Waals surface area contributed by atoms with Gasteiger partial charge in [-0.3, -0.25) is 9.10 Å². The summed E-state index contributed by atoms with van der Waals surface area (Å²) in [5.74, 6) is -0.220. The largest absolute Gasteiger partial charge is 0.323 e. The van der Waals surface area contributed by atoms with Gasteiger partial charge in [-0.25, -0.2) is 8.42 Å². The van der Waals surface area contributed by atoms with E-state index in [4.69, 9.17) is 0 Å². The van der Waals surface area contributed by atoms with Gasteiger partial charge >= 0.3 is 0 Å². The van der Waals surface area contributed by atoms with Crippen molar-refractivity contribution >= 4 is 44.7 Å². The van der Waals surface area contributed by atoms with Gasteiger partial charge in [-0.1, -0.05) is 24.3 Å². The molecule has 0 radical (unpaired) electrons. The van der Waals surface area contributed by atoms with Crippen molar-refractivity contribution in [3.05, 3.63) is 82.6 Å². The van der Waals surface area contributed by atoms with Crippen molar-refractivity contribution in [2.45, 2.75) is 17.7 Å². The Labute approximate surface area is 174 Å². The quantitative estimate of drug-likeness (QED) is 0.612. The molecule has 1 amide bonds. The summed E-state index contributed by atoms with van der Waals surface area (Å²) in [4.78, 5) is 13.5. The minimum Gasteiger partial charge on any atom is -0.323 e. The summed E-state index contributed by atoms with van der Waals surface area (Å²) in [5.41, 5.74) is 2.24. The number of anilines is 2. The Hall–Kier alpha value is -2.90. The summed E-state index contributed by atoms with van der Waals surface area (Å²) >= 11 is 1.56. The van der Waals surface area contributed by atoms with Crippen LogP contribution in [0.1, 0.15) is 16.9 Å². The highest BCUT2D eigenvalue weighted by atomic mass is 32.2. The maximum atomic E-state index is 13.1. The van der Waals surface area contributed by atoms with Crippen LogP contribution < -0.4 is 9.62 Å². The average molecular weight is 425 g/mol. The van der Waals surface area contributed by atoms with Crippen molar-refractivity contribution in [1.29, 1.82) is 0 Å². The second-order valence-electron chi connectivity index (χ2n) is 6.68. The molecule has 1 aliphatic heterocycles. The predicted octanol–water partition coefficient (Wildman–Crippen LogP) is 4.54. The zero-order chi connectivity index (χ0) is 20.3. The van der Waals surface area contributed by atoms with Crippen LogP contribution in [0.25, 0.3) is 6.08 Å². The number of fused-ring (bicyclic) bond motifs is 1. The van der Waals surface area contributed by atoms with E-state index >= 15 is 0 Å². The minimum absolute atomic E-state index is 0.220. The van der Waals surface area contributed by atoms with Crippen LogP contribution in [-0.2, 0) is 21.2 Å². The fraction of sp³-hybridized carbons (Fsp3) is 0.136. The first kappa shape index (κ1) is 19.4. The Morgan fingerprint density at radius 2 is 1.90 bits per heavy atom. The molecule has 1 aromatic heterocycles. The van der Waals surface area contributed by atoms with Gasteiger partial charge in [0.15, 0.2) is 0 Å². The lowest BCUT2D eigenvalue weighted by molar-refractivity contribution is -0.111. The lowest BCUT2D eigenvalue weighted by Crippen LogP contribution is -2.35. The van der Waals surface area contributed by atoms with Crippen LogP contribution in [0.5, 0.6) is 0 Å². The van der Waals surface area contributed by atoms with Gasteiger partial charge in [-0.15, -0.1) is 11.3 Å². The summed E-state index contributed by atoms with van der Waals surface area (Å²) < 4.78 is 27.6. The SMILES string of the molecule is O=C(/C=C/c1cccs1)Nc1ccc2c(c1)CCCN2S(=O)(=O)c1ccccc1. The summed E-state index contributed by atoms with van der Waals surface area (Å²) in [5, 5.41) is 4.81. The first-order chi connectivity index (χ1) is 14.0. The fourth-order valence-electron chi connectivity index (χ4n) is 3.34. The van der Waals surface area contributed by atoms with Gasteiger partial charge < -0.3 is 5.32 Å². The number of sulfonamides is 1. The van der Waals surface area contributed by atoms with Crippen LogP contribution >= 0.6 is 11.3 Å². The van der Waals surface area contributed by atoms with Crippen molar-refractivity contribution in [2.75, 3.05) is 16.2 Å². The van der Waals surface area contributed by atoms with Crippen LogP contribution in [0.2, 0.25) is 0 Å². The number of nitrogens with one attached hydrogen (secondary N) is 1. The predicted molar refractivity (Wildman–Crippen MR) is 118 cm³/mol. The molecule has 0 spiro atoms. The number of thiophene rings is 1. The molecule has 1 N–H and O–H groups in total. The van der Waals surface area contributed by atoms with E-state index in [1.165, 1.54) is 10.4 Å². The van der Waals surface area contributed by atoms with Crippen LogP contribution in [0, 0.1) is 0 Å². The molecule has 0 fully saturated rings. The smallest absolute Gasteiger partial charge is 0.264 e. The number of nitrogens with zero attached hydrogens (tertiary/aromatic N) is 1. The summed E-state index contributed by atoms with van der Waals surface area (Å²) in [7, 11) is -3.61. The van der Waals surface area contributed by atoms with E-state index in [2.05, 4.69) is 5.32 Å². The number of hydrogen-bond donors (Lipinski definition) is 1. The second kappa shape index (κ2) is 8.23. The van der Waals surface area contributed by atoms with Crippen molar-refractivity contribution in [2.24, 2.45) is 0 Å². The number of amides is 1. The van der Waals surface area contributed by atoms with Crippen LogP contribution in [0.3, 0.4) is 0 Å². The third kappa shape index (κ3) is 4.26. The molecule has 0 atom stereocenters. The van der Waals surface area contributed by atoms with E-state index in [1.807, 2.05) is 23.6 Å². The summed E-state index contributed by atoms with van der Waals surface area (Å²) in [6.07, 6.45) is 4.77. The first-order valence-electron chi connectivity index (χ1n) is 9.27. The zero-order valence-electron chi connectivity index (χ0n) is 15.6. The van der Waals surface area contributed by atoms with E-state index in [0.717, 1.165) is 23.3 Å². The molecule has 0 unspecified atom stereocenters. The number of carbonyl (C=O) groups excluding carboxylic acids is 1. The monoisotopic (exact) mass is 424 g/mol. The third-order valence-corrected chi connectivity index (χ3v) is 7.36. The minimum atomic E-state index is -3.61. The molecule has 0 saturated heterocycles. The molecule has 29 heavy (non-hydrogen) atoms. The van der Waals surface area contributed by atoms with Gasteiger partial charge in [0, 0.05) is 23.2 Å². The van der Waals surface area contributed by atoms with E-state index in [1.54, 1.807) is 59.9 Å². The molecule has 4 rings (SSSR count). The Bertz CT molecular complexity index is 1140. The van der Waals surface area contributed by atoms with Crippen LogP contribution in [-0.4, -0.2) is 20.9 Å². The number of carbonyl (C=O) groups is 1. The number of benzene rings is 2. The second-order valence-corrected chi connectivity index (χ2v) is 9.52. The molecule has 2 aromatic carbocycles. The maximum absolute atomic E-state index is 13.1. The molecule has 0 aliphatic carbocycles. The molecule has 2 heterocycles. The molecule has 7 heteroatoms.